The Bertz CT molecular complexity index is 398. The number of hydrogen-bond acceptors (Lipinski definition) is 4. The lowest BCUT2D eigenvalue weighted by atomic mass is 10.2. The quantitative estimate of drug-likeness (QED) is 0.835. The normalized spacial score (nSPS) is 12.2. The van der Waals surface area contributed by atoms with E-state index in [1.54, 1.807) is 6.92 Å². The van der Waals surface area contributed by atoms with Crippen molar-refractivity contribution in [3.63, 3.8) is 0 Å². The standard InChI is InChI=1S/C11H16ClN3O2/c1-3-8(16)4-5-13-11(17)10-9(12)6-14-7(2)15-10/h6,8,16H,3-5H2,1-2H3,(H,13,17). The SMILES string of the molecule is CCC(O)CCNC(=O)c1nc(C)ncc1Cl. The Morgan fingerprint density at radius 2 is 2.35 bits per heavy atom. The van der Waals surface area contributed by atoms with E-state index in [1.165, 1.54) is 6.20 Å². The zero-order chi connectivity index (χ0) is 12.8. The van der Waals surface area contributed by atoms with E-state index in [0.717, 1.165) is 0 Å². The molecule has 1 unspecified atom stereocenters. The highest BCUT2D eigenvalue weighted by atomic mass is 35.5. The molecule has 0 saturated carbocycles. The summed E-state index contributed by atoms with van der Waals surface area (Å²) in [5.74, 6) is 0.150. The summed E-state index contributed by atoms with van der Waals surface area (Å²) in [6.45, 7) is 3.97. The van der Waals surface area contributed by atoms with Gasteiger partial charge in [-0.3, -0.25) is 4.79 Å². The molecule has 1 rings (SSSR count). The van der Waals surface area contributed by atoms with Crippen LogP contribution in [0, 0.1) is 6.92 Å². The third kappa shape index (κ3) is 4.28. The Balaban J connectivity index is 2.55. The molecule has 6 heteroatoms. The molecule has 1 aromatic heterocycles. The van der Waals surface area contributed by atoms with Crippen LogP contribution >= 0.6 is 11.6 Å². The number of carbonyl (C=O) groups excluding carboxylic acids is 1. The minimum Gasteiger partial charge on any atom is -0.393 e. The molecule has 0 fully saturated rings. The van der Waals surface area contributed by atoms with Gasteiger partial charge in [0.05, 0.1) is 17.3 Å². The van der Waals surface area contributed by atoms with Crippen molar-refractivity contribution >= 4 is 17.5 Å². The first kappa shape index (κ1) is 13.9. The van der Waals surface area contributed by atoms with Gasteiger partial charge in [-0.2, -0.15) is 0 Å². The highest BCUT2D eigenvalue weighted by Gasteiger charge is 2.12. The summed E-state index contributed by atoms with van der Waals surface area (Å²) < 4.78 is 0. The first-order chi connectivity index (χ1) is 8.04. The molecule has 0 aliphatic rings. The van der Waals surface area contributed by atoms with Crippen molar-refractivity contribution in [2.75, 3.05) is 6.54 Å². The van der Waals surface area contributed by atoms with E-state index in [2.05, 4.69) is 15.3 Å². The second-order valence-corrected chi connectivity index (χ2v) is 4.13. The van der Waals surface area contributed by atoms with Gasteiger partial charge in [0, 0.05) is 6.54 Å². The molecule has 0 radical (unpaired) electrons. The predicted octanol–water partition coefficient (Wildman–Crippen LogP) is 1.33. The van der Waals surface area contributed by atoms with E-state index < -0.39 is 6.10 Å². The molecule has 94 valence electrons. The van der Waals surface area contributed by atoms with Gasteiger partial charge in [-0.1, -0.05) is 18.5 Å². The second-order valence-electron chi connectivity index (χ2n) is 3.72. The van der Waals surface area contributed by atoms with Crippen molar-refractivity contribution in [2.45, 2.75) is 32.8 Å². The average Bonchev–Trinajstić information content (AvgIpc) is 2.31. The zero-order valence-electron chi connectivity index (χ0n) is 9.90. The summed E-state index contributed by atoms with van der Waals surface area (Å²) in [7, 11) is 0. The number of halogens is 1. The molecule has 1 heterocycles. The Kier molecular flexibility index (Phi) is 5.31. The van der Waals surface area contributed by atoms with E-state index in [4.69, 9.17) is 11.6 Å². The van der Waals surface area contributed by atoms with E-state index in [9.17, 15) is 9.90 Å². The number of aliphatic hydroxyl groups is 1. The fourth-order valence-electron chi connectivity index (χ4n) is 1.25. The fraction of sp³-hybridized carbons (Fsp3) is 0.545. The molecule has 1 amide bonds. The molecule has 17 heavy (non-hydrogen) atoms. The van der Waals surface area contributed by atoms with Gasteiger partial charge in [-0.15, -0.1) is 0 Å². The zero-order valence-corrected chi connectivity index (χ0v) is 10.7. The molecule has 5 nitrogen and oxygen atoms in total. The number of rotatable bonds is 5. The van der Waals surface area contributed by atoms with Crippen molar-refractivity contribution in [1.29, 1.82) is 0 Å². The maximum Gasteiger partial charge on any atom is 0.271 e. The first-order valence-corrected chi connectivity index (χ1v) is 5.87. The molecular formula is C11H16ClN3O2. The molecular weight excluding hydrogens is 242 g/mol. The smallest absolute Gasteiger partial charge is 0.271 e. The van der Waals surface area contributed by atoms with E-state index >= 15 is 0 Å². The number of carbonyl (C=O) groups is 1. The summed E-state index contributed by atoms with van der Waals surface area (Å²) in [6.07, 6.45) is 2.20. The minimum absolute atomic E-state index is 0.171. The highest BCUT2D eigenvalue weighted by Crippen LogP contribution is 2.11. The van der Waals surface area contributed by atoms with Crippen LogP contribution in [-0.2, 0) is 0 Å². The van der Waals surface area contributed by atoms with Gasteiger partial charge in [0.1, 0.15) is 11.5 Å². The van der Waals surface area contributed by atoms with Gasteiger partial charge in [0.15, 0.2) is 0 Å². The van der Waals surface area contributed by atoms with Crippen LogP contribution in [0.5, 0.6) is 0 Å². The van der Waals surface area contributed by atoms with Crippen LogP contribution in [-0.4, -0.2) is 33.6 Å². The molecule has 0 aliphatic carbocycles. The minimum atomic E-state index is -0.391. The topological polar surface area (TPSA) is 75.1 Å². The summed E-state index contributed by atoms with van der Waals surface area (Å²) in [4.78, 5) is 19.6. The van der Waals surface area contributed by atoms with Crippen molar-refractivity contribution in [1.82, 2.24) is 15.3 Å². The maximum absolute atomic E-state index is 11.7. The number of hydrogen-bond donors (Lipinski definition) is 2. The van der Waals surface area contributed by atoms with Crippen LogP contribution in [0.25, 0.3) is 0 Å². The molecule has 0 aliphatic heterocycles. The maximum atomic E-state index is 11.7. The third-order valence-electron chi connectivity index (χ3n) is 2.31. The van der Waals surface area contributed by atoms with Gasteiger partial charge in [-0.25, -0.2) is 9.97 Å². The van der Waals surface area contributed by atoms with Gasteiger partial charge < -0.3 is 10.4 Å². The Morgan fingerprint density at radius 3 is 3.00 bits per heavy atom. The Labute approximate surface area is 105 Å². The number of nitrogens with one attached hydrogen (secondary N) is 1. The average molecular weight is 258 g/mol. The number of aryl methyl sites for hydroxylation is 1. The van der Waals surface area contributed by atoms with Crippen molar-refractivity contribution in [3.05, 3.63) is 22.7 Å². The number of aromatic nitrogens is 2. The predicted molar refractivity (Wildman–Crippen MR) is 65.0 cm³/mol. The van der Waals surface area contributed by atoms with Crippen LogP contribution in [0.3, 0.4) is 0 Å². The van der Waals surface area contributed by atoms with Gasteiger partial charge in [0.2, 0.25) is 0 Å². The second kappa shape index (κ2) is 6.51. The fourth-order valence-corrected chi connectivity index (χ4v) is 1.43. The monoisotopic (exact) mass is 257 g/mol. The Hall–Kier alpha value is -1.20. The summed E-state index contributed by atoms with van der Waals surface area (Å²) in [5.41, 5.74) is 0.171. The molecule has 0 bridgehead atoms. The molecule has 1 aromatic rings. The number of amides is 1. The lowest BCUT2D eigenvalue weighted by Gasteiger charge is -2.09. The molecule has 2 N–H and O–H groups in total. The number of aliphatic hydroxyl groups excluding tert-OH is 1. The van der Waals surface area contributed by atoms with Crippen molar-refractivity contribution in [3.8, 4) is 0 Å². The summed E-state index contributed by atoms with van der Waals surface area (Å²) >= 11 is 5.82. The molecule has 1 atom stereocenters. The Morgan fingerprint density at radius 1 is 1.65 bits per heavy atom. The largest absolute Gasteiger partial charge is 0.393 e. The van der Waals surface area contributed by atoms with Crippen LogP contribution in [0.1, 0.15) is 36.1 Å². The summed E-state index contributed by atoms with van der Waals surface area (Å²) in [5, 5.41) is 12.2. The molecule has 0 spiro atoms. The molecule has 0 saturated heterocycles. The van der Waals surface area contributed by atoms with Crippen LogP contribution in [0.2, 0.25) is 5.02 Å². The van der Waals surface area contributed by atoms with Gasteiger partial charge in [-0.05, 0) is 19.8 Å². The lowest BCUT2D eigenvalue weighted by Crippen LogP contribution is -2.28. The number of nitrogens with zero attached hydrogens (tertiary/aromatic N) is 2. The van der Waals surface area contributed by atoms with Crippen LogP contribution in [0.4, 0.5) is 0 Å². The van der Waals surface area contributed by atoms with E-state index in [-0.39, 0.29) is 16.6 Å². The van der Waals surface area contributed by atoms with E-state index in [0.29, 0.717) is 25.2 Å². The van der Waals surface area contributed by atoms with Crippen molar-refractivity contribution < 1.29 is 9.90 Å². The van der Waals surface area contributed by atoms with Crippen LogP contribution in [0.15, 0.2) is 6.20 Å². The highest BCUT2D eigenvalue weighted by molar-refractivity contribution is 6.33. The third-order valence-corrected chi connectivity index (χ3v) is 2.59. The van der Waals surface area contributed by atoms with Crippen molar-refractivity contribution in [2.24, 2.45) is 0 Å². The first-order valence-electron chi connectivity index (χ1n) is 5.50. The summed E-state index contributed by atoms with van der Waals surface area (Å²) in [6, 6.07) is 0. The molecule has 0 aromatic carbocycles. The van der Waals surface area contributed by atoms with E-state index in [1.807, 2.05) is 6.92 Å². The van der Waals surface area contributed by atoms with Crippen LogP contribution < -0.4 is 5.32 Å². The van der Waals surface area contributed by atoms with Gasteiger partial charge >= 0.3 is 0 Å². The lowest BCUT2D eigenvalue weighted by molar-refractivity contribution is 0.0936. The van der Waals surface area contributed by atoms with Gasteiger partial charge in [0.25, 0.3) is 5.91 Å².